The lowest BCUT2D eigenvalue weighted by Crippen LogP contribution is -3.13. The third-order valence-corrected chi connectivity index (χ3v) is 4.35. The first kappa shape index (κ1) is 19.3. The van der Waals surface area contributed by atoms with Crippen molar-refractivity contribution in [2.45, 2.75) is 6.92 Å². The topological polar surface area (TPSA) is 52.0 Å². The molecule has 5 nitrogen and oxygen atoms in total. The Kier molecular flexibility index (Phi) is 7.76. The number of carbonyl (C=O) groups excluding carboxylic acids is 1. The van der Waals surface area contributed by atoms with Crippen LogP contribution in [0.25, 0.3) is 0 Å². The van der Waals surface area contributed by atoms with Gasteiger partial charge in [0.25, 0.3) is 5.91 Å². The van der Waals surface area contributed by atoms with Crippen molar-refractivity contribution in [2.75, 3.05) is 38.7 Å². The standard InChI is InChI=1S/C19H23BrN2O3/c1-3-22(12-13-25-18-8-4-15(20)5-9-18)14-19(23)21-16-6-10-17(24-2)11-7-16/h4-11H,3,12-14H2,1-2H3,(H,21,23)/p+1. The molecule has 2 aromatic carbocycles. The van der Waals surface area contributed by atoms with Crippen molar-refractivity contribution in [3.8, 4) is 11.5 Å². The second-order valence-electron chi connectivity index (χ2n) is 5.61. The number of benzene rings is 2. The number of methoxy groups -OCH3 is 1. The lowest BCUT2D eigenvalue weighted by atomic mass is 10.3. The number of ether oxygens (including phenoxy) is 2. The highest BCUT2D eigenvalue weighted by Crippen LogP contribution is 2.16. The predicted molar refractivity (Wildman–Crippen MR) is 102 cm³/mol. The molecule has 0 spiro atoms. The Balaban J connectivity index is 1.75. The van der Waals surface area contributed by atoms with E-state index in [1.165, 1.54) is 4.90 Å². The van der Waals surface area contributed by atoms with E-state index in [4.69, 9.17) is 9.47 Å². The molecule has 0 aliphatic heterocycles. The number of rotatable bonds is 9. The lowest BCUT2D eigenvalue weighted by molar-refractivity contribution is -0.889. The number of halogens is 1. The second kappa shape index (κ2) is 10.1. The Morgan fingerprint density at radius 3 is 2.32 bits per heavy atom. The fourth-order valence-corrected chi connectivity index (χ4v) is 2.61. The number of anilines is 1. The van der Waals surface area contributed by atoms with Crippen molar-refractivity contribution in [1.29, 1.82) is 0 Å². The molecule has 6 heteroatoms. The smallest absolute Gasteiger partial charge is 0.279 e. The van der Waals surface area contributed by atoms with Crippen molar-refractivity contribution in [3.05, 3.63) is 53.0 Å². The largest absolute Gasteiger partial charge is 0.497 e. The summed E-state index contributed by atoms with van der Waals surface area (Å²) < 4.78 is 11.9. The van der Waals surface area contributed by atoms with Crippen LogP contribution in [0.5, 0.6) is 11.5 Å². The molecule has 0 fully saturated rings. The van der Waals surface area contributed by atoms with Crippen LogP contribution >= 0.6 is 15.9 Å². The van der Waals surface area contributed by atoms with Gasteiger partial charge < -0.3 is 19.7 Å². The zero-order valence-electron chi connectivity index (χ0n) is 14.5. The van der Waals surface area contributed by atoms with Gasteiger partial charge in [0.1, 0.15) is 24.7 Å². The third kappa shape index (κ3) is 6.76. The summed E-state index contributed by atoms with van der Waals surface area (Å²) >= 11 is 3.40. The van der Waals surface area contributed by atoms with E-state index in [-0.39, 0.29) is 5.91 Å². The molecule has 0 saturated carbocycles. The minimum atomic E-state index is -0.00865. The molecule has 1 unspecified atom stereocenters. The molecule has 0 aliphatic carbocycles. The summed E-state index contributed by atoms with van der Waals surface area (Å²) in [6, 6.07) is 15.1. The van der Waals surface area contributed by atoms with Gasteiger partial charge in [0, 0.05) is 10.2 Å². The molecule has 0 saturated heterocycles. The van der Waals surface area contributed by atoms with Gasteiger partial charge in [0.15, 0.2) is 6.54 Å². The summed E-state index contributed by atoms with van der Waals surface area (Å²) in [6.07, 6.45) is 0. The van der Waals surface area contributed by atoms with Gasteiger partial charge in [-0.3, -0.25) is 4.79 Å². The molecule has 2 rings (SSSR count). The number of amides is 1. The van der Waals surface area contributed by atoms with Crippen LogP contribution in [0.4, 0.5) is 5.69 Å². The minimum absolute atomic E-state index is 0.00865. The van der Waals surface area contributed by atoms with Gasteiger partial charge in [-0.2, -0.15) is 0 Å². The van der Waals surface area contributed by atoms with Gasteiger partial charge in [0.05, 0.1) is 13.7 Å². The van der Waals surface area contributed by atoms with Crippen molar-refractivity contribution < 1.29 is 19.2 Å². The number of carbonyl (C=O) groups is 1. The first-order valence-corrected chi connectivity index (χ1v) is 9.06. The Bertz CT molecular complexity index is 659. The van der Waals surface area contributed by atoms with E-state index in [0.717, 1.165) is 34.7 Å². The van der Waals surface area contributed by atoms with Gasteiger partial charge in [-0.05, 0) is 55.5 Å². The number of hydrogen-bond acceptors (Lipinski definition) is 3. The summed E-state index contributed by atoms with van der Waals surface area (Å²) in [6.45, 7) is 4.67. The molecular weight excluding hydrogens is 384 g/mol. The summed E-state index contributed by atoms with van der Waals surface area (Å²) in [5.41, 5.74) is 0.771. The first-order valence-electron chi connectivity index (χ1n) is 8.26. The molecule has 2 N–H and O–H groups in total. The van der Waals surface area contributed by atoms with E-state index in [1.54, 1.807) is 7.11 Å². The van der Waals surface area contributed by atoms with Gasteiger partial charge >= 0.3 is 0 Å². The van der Waals surface area contributed by atoms with Gasteiger partial charge in [-0.1, -0.05) is 15.9 Å². The first-order chi connectivity index (χ1) is 12.1. The maximum atomic E-state index is 12.2. The molecule has 0 bridgehead atoms. The quantitative estimate of drug-likeness (QED) is 0.670. The van der Waals surface area contributed by atoms with Gasteiger partial charge in [-0.15, -0.1) is 0 Å². The zero-order valence-corrected chi connectivity index (χ0v) is 16.1. The van der Waals surface area contributed by atoms with E-state index in [9.17, 15) is 4.79 Å². The number of likely N-dealkylation sites (N-methyl/N-ethyl adjacent to an activating group) is 1. The average molecular weight is 408 g/mol. The minimum Gasteiger partial charge on any atom is -0.497 e. The Hall–Kier alpha value is -2.05. The van der Waals surface area contributed by atoms with Crippen LogP contribution in [-0.2, 0) is 4.79 Å². The molecule has 0 aromatic heterocycles. The third-order valence-electron chi connectivity index (χ3n) is 3.82. The van der Waals surface area contributed by atoms with Crippen LogP contribution in [0, 0.1) is 0 Å². The van der Waals surface area contributed by atoms with Gasteiger partial charge in [-0.25, -0.2) is 0 Å². The summed E-state index contributed by atoms with van der Waals surface area (Å²) in [4.78, 5) is 13.4. The molecule has 0 heterocycles. The van der Waals surface area contributed by atoms with Crippen molar-refractivity contribution in [2.24, 2.45) is 0 Å². The maximum absolute atomic E-state index is 12.2. The highest BCUT2D eigenvalue weighted by molar-refractivity contribution is 9.10. The van der Waals surface area contributed by atoms with Crippen LogP contribution in [0.2, 0.25) is 0 Å². The summed E-state index contributed by atoms with van der Waals surface area (Å²) in [5.74, 6) is 1.59. The fraction of sp³-hybridized carbons (Fsp3) is 0.316. The monoisotopic (exact) mass is 407 g/mol. The molecule has 0 aliphatic rings. The van der Waals surface area contributed by atoms with Crippen molar-refractivity contribution in [1.82, 2.24) is 0 Å². The maximum Gasteiger partial charge on any atom is 0.279 e. The highest BCUT2D eigenvalue weighted by Gasteiger charge is 2.13. The van der Waals surface area contributed by atoms with Crippen LogP contribution in [-0.4, -0.2) is 39.3 Å². The van der Waals surface area contributed by atoms with Crippen LogP contribution in [0.1, 0.15) is 6.92 Å². The van der Waals surface area contributed by atoms with Crippen molar-refractivity contribution in [3.63, 3.8) is 0 Å². The van der Waals surface area contributed by atoms with E-state index >= 15 is 0 Å². The normalized spacial score (nSPS) is 11.6. The molecule has 1 amide bonds. The highest BCUT2D eigenvalue weighted by atomic mass is 79.9. The fourth-order valence-electron chi connectivity index (χ4n) is 2.34. The molecule has 0 radical (unpaired) electrons. The SMILES string of the molecule is CC[NH+](CCOc1ccc(Br)cc1)CC(=O)Nc1ccc(OC)cc1. The zero-order chi connectivity index (χ0) is 18.1. The van der Waals surface area contributed by atoms with E-state index in [0.29, 0.717) is 13.2 Å². The molecule has 2 aromatic rings. The Morgan fingerprint density at radius 2 is 1.72 bits per heavy atom. The van der Waals surface area contributed by atoms with Crippen LogP contribution in [0.3, 0.4) is 0 Å². The lowest BCUT2D eigenvalue weighted by Gasteiger charge is -2.17. The molecule has 134 valence electrons. The van der Waals surface area contributed by atoms with E-state index in [1.807, 2.05) is 48.5 Å². The number of hydrogen-bond donors (Lipinski definition) is 2. The summed E-state index contributed by atoms with van der Waals surface area (Å²) in [5, 5.41) is 2.91. The second-order valence-corrected chi connectivity index (χ2v) is 6.53. The molecular formula is C19H24BrN2O3+. The van der Waals surface area contributed by atoms with Crippen molar-refractivity contribution >= 4 is 27.5 Å². The Morgan fingerprint density at radius 1 is 1.08 bits per heavy atom. The summed E-state index contributed by atoms with van der Waals surface area (Å²) in [7, 11) is 1.62. The Labute approximate surface area is 157 Å². The van der Waals surface area contributed by atoms with E-state index in [2.05, 4.69) is 28.2 Å². The van der Waals surface area contributed by atoms with Gasteiger partial charge in [0.2, 0.25) is 0 Å². The van der Waals surface area contributed by atoms with Crippen LogP contribution in [0.15, 0.2) is 53.0 Å². The van der Waals surface area contributed by atoms with E-state index < -0.39 is 0 Å². The van der Waals surface area contributed by atoms with Crippen LogP contribution < -0.4 is 19.7 Å². The predicted octanol–water partition coefficient (Wildman–Crippen LogP) is 2.38. The number of nitrogens with one attached hydrogen (secondary N) is 2. The number of quaternary nitrogens is 1. The molecule has 25 heavy (non-hydrogen) atoms. The molecule has 1 atom stereocenters. The average Bonchev–Trinajstić information content (AvgIpc) is 2.63.